The molecule has 1 unspecified atom stereocenters. The third kappa shape index (κ3) is 6.52. The van der Waals surface area contributed by atoms with Gasteiger partial charge in [0.25, 0.3) is 0 Å². The van der Waals surface area contributed by atoms with E-state index < -0.39 is 8.07 Å². The van der Waals surface area contributed by atoms with Crippen LogP contribution in [0.4, 0.5) is 0 Å². The van der Waals surface area contributed by atoms with Gasteiger partial charge in [-0.2, -0.15) is 0 Å². The SMILES string of the molecule is C=C(C)C(C)C[Si](C)(CCCC)CCCC. The van der Waals surface area contributed by atoms with Crippen LogP contribution in [0.15, 0.2) is 12.2 Å². The lowest BCUT2D eigenvalue weighted by Crippen LogP contribution is -2.32. The van der Waals surface area contributed by atoms with E-state index >= 15 is 0 Å². The predicted octanol–water partition coefficient (Wildman–Crippen LogP) is 5.88. The summed E-state index contributed by atoms with van der Waals surface area (Å²) in [7, 11) is -0.978. The minimum atomic E-state index is -0.978. The molecule has 0 rings (SSSR count). The van der Waals surface area contributed by atoms with Crippen molar-refractivity contribution < 1.29 is 0 Å². The van der Waals surface area contributed by atoms with Gasteiger partial charge in [0.2, 0.25) is 0 Å². The lowest BCUT2D eigenvalue weighted by atomic mass is 10.1. The summed E-state index contributed by atoms with van der Waals surface area (Å²) in [6.45, 7) is 15.9. The molecule has 0 heterocycles. The van der Waals surface area contributed by atoms with E-state index in [1.54, 1.807) is 0 Å². The summed E-state index contributed by atoms with van der Waals surface area (Å²) in [6.07, 6.45) is 5.59. The highest BCUT2D eigenvalue weighted by Crippen LogP contribution is 2.31. The number of allylic oxidation sites excluding steroid dienone is 1. The topological polar surface area (TPSA) is 0 Å². The molecule has 1 atom stereocenters. The van der Waals surface area contributed by atoms with Gasteiger partial charge in [0.1, 0.15) is 0 Å². The average molecular weight is 241 g/mol. The van der Waals surface area contributed by atoms with Crippen LogP contribution in [0, 0.1) is 5.92 Å². The molecule has 0 amide bonds. The number of hydrogen-bond donors (Lipinski definition) is 0. The normalized spacial score (nSPS) is 13.8. The molecule has 0 radical (unpaired) electrons. The molecule has 0 saturated heterocycles. The van der Waals surface area contributed by atoms with E-state index in [1.807, 2.05) is 0 Å². The number of unbranched alkanes of at least 4 members (excludes halogenated alkanes) is 2. The summed E-state index contributed by atoms with van der Waals surface area (Å²) in [5, 5.41) is 0. The van der Waals surface area contributed by atoms with Crippen LogP contribution < -0.4 is 0 Å². The Bertz CT molecular complexity index is 188. The molecular formula is C15H32Si. The Labute approximate surface area is 105 Å². The van der Waals surface area contributed by atoms with Crippen LogP contribution in [0.5, 0.6) is 0 Å². The maximum atomic E-state index is 4.12. The van der Waals surface area contributed by atoms with E-state index in [4.69, 9.17) is 0 Å². The van der Waals surface area contributed by atoms with Gasteiger partial charge in [0, 0.05) is 0 Å². The molecule has 0 bridgehead atoms. The van der Waals surface area contributed by atoms with Gasteiger partial charge in [0.05, 0.1) is 8.07 Å². The molecule has 0 fully saturated rings. The molecule has 0 aromatic rings. The van der Waals surface area contributed by atoms with Crippen molar-refractivity contribution in [2.45, 2.75) is 78.1 Å². The van der Waals surface area contributed by atoms with Crippen molar-refractivity contribution in [2.75, 3.05) is 0 Å². The van der Waals surface area contributed by atoms with Gasteiger partial charge in [-0.05, 0) is 12.8 Å². The third-order valence-electron chi connectivity index (χ3n) is 3.91. The summed E-state index contributed by atoms with van der Waals surface area (Å²) in [6, 6.07) is 4.52. The Balaban J connectivity index is 4.32. The average Bonchev–Trinajstić information content (AvgIpc) is 2.23. The molecule has 0 aliphatic heterocycles. The van der Waals surface area contributed by atoms with Crippen molar-refractivity contribution in [3.63, 3.8) is 0 Å². The summed E-state index contributed by atoms with van der Waals surface area (Å²) in [4.78, 5) is 0. The summed E-state index contributed by atoms with van der Waals surface area (Å²) < 4.78 is 0. The lowest BCUT2D eigenvalue weighted by Gasteiger charge is -2.30. The van der Waals surface area contributed by atoms with Gasteiger partial charge < -0.3 is 0 Å². The molecule has 0 aromatic carbocycles. The second-order valence-corrected chi connectivity index (χ2v) is 11.0. The van der Waals surface area contributed by atoms with Gasteiger partial charge in [-0.15, -0.1) is 0 Å². The molecule has 1 heteroatoms. The molecule has 96 valence electrons. The molecular weight excluding hydrogens is 208 g/mol. The van der Waals surface area contributed by atoms with E-state index in [9.17, 15) is 0 Å². The second-order valence-electron chi connectivity index (χ2n) is 5.97. The minimum Gasteiger partial charge on any atom is -0.0999 e. The van der Waals surface area contributed by atoms with E-state index in [2.05, 4.69) is 40.8 Å². The highest BCUT2D eigenvalue weighted by atomic mass is 28.3. The van der Waals surface area contributed by atoms with Crippen molar-refractivity contribution in [1.82, 2.24) is 0 Å². The maximum absolute atomic E-state index is 4.12. The largest absolute Gasteiger partial charge is 0.0999 e. The molecule has 0 aliphatic rings. The van der Waals surface area contributed by atoms with E-state index in [-0.39, 0.29) is 0 Å². The third-order valence-corrected chi connectivity index (χ3v) is 8.63. The molecule has 0 nitrogen and oxygen atoms in total. The van der Waals surface area contributed by atoms with Gasteiger partial charge in [-0.3, -0.25) is 0 Å². The molecule has 0 N–H and O–H groups in total. The zero-order chi connectivity index (χ0) is 12.6. The van der Waals surface area contributed by atoms with Gasteiger partial charge in [-0.1, -0.05) is 83.3 Å². The fraction of sp³-hybridized carbons (Fsp3) is 0.867. The Morgan fingerprint density at radius 2 is 1.56 bits per heavy atom. The Morgan fingerprint density at radius 3 is 1.88 bits per heavy atom. The Morgan fingerprint density at radius 1 is 1.12 bits per heavy atom. The van der Waals surface area contributed by atoms with E-state index in [0.29, 0.717) is 0 Å². The highest BCUT2D eigenvalue weighted by molar-refractivity contribution is 6.78. The predicted molar refractivity (Wildman–Crippen MR) is 79.8 cm³/mol. The quantitative estimate of drug-likeness (QED) is 0.349. The van der Waals surface area contributed by atoms with Crippen molar-refractivity contribution >= 4 is 8.07 Å². The zero-order valence-corrected chi connectivity index (χ0v) is 13.2. The van der Waals surface area contributed by atoms with Crippen LogP contribution in [0.2, 0.25) is 24.7 Å². The number of rotatable bonds is 9. The maximum Gasteiger partial charge on any atom is 0.0510 e. The summed E-state index contributed by atoms with van der Waals surface area (Å²) in [5.41, 5.74) is 1.38. The first kappa shape index (κ1) is 16.0. The fourth-order valence-corrected chi connectivity index (χ4v) is 7.35. The molecule has 0 aromatic heterocycles. The first-order valence-corrected chi connectivity index (χ1v) is 10.2. The molecule has 0 saturated carbocycles. The van der Waals surface area contributed by atoms with Crippen molar-refractivity contribution in [3.05, 3.63) is 12.2 Å². The Hall–Kier alpha value is -0.0431. The van der Waals surface area contributed by atoms with Crippen molar-refractivity contribution in [3.8, 4) is 0 Å². The van der Waals surface area contributed by atoms with E-state index in [1.165, 1.54) is 49.4 Å². The van der Waals surface area contributed by atoms with E-state index in [0.717, 1.165) is 5.92 Å². The lowest BCUT2D eigenvalue weighted by molar-refractivity contribution is 0.729. The summed E-state index contributed by atoms with van der Waals surface area (Å²) >= 11 is 0. The second kappa shape index (κ2) is 8.11. The minimum absolute atomic E-state index is 0.741. The van der Waals surface area contributed by atoms with Crippen LogP contribution in [0.25, 0.3) is 0 Å². The van der Waals surface area contributed by atoms with Crippen molar-refractivity contribution in [1.29, 1.82) is 0 Å². The molecule has 0 aliphatic carbocycles. The standard InChI is InChI=1S/C15H32Si/c1-7-9-11-16(6,12-10-8-2)13-15(5)14(3)4/h15H,3,7-13H2,1-2,4-6H3. The fourth-order valence-electron chi connectivity index (χ4n) is 2.45. The molecule has 16 heavy (non-hydrogen) atoms. The summed E-state index contributed by atoms with van der Waals surface area (Å²) in [5.74, 6) is 0.741. The first-order chi connectivity index (χ1) is 7.45. The van der Waals surface area contributed by atoms with Gasteiger partial charge in [-0.25, -0.2) is 0 Å². The smallest absolute Gasteiger partial charge is 0.0510 e. The monoisotopic (exact) mass is 240 g/mol. The molecule has 0 spiro atoms. The zero-order valence-electron chi connectivity index (χ0n) is 12.2. The van der Waals surface area contributed by atoms with Gasteiger partial charge >= 0.3 is 0 Å². The van der Waals surface area contributed by atoms with Crippen LogP contribution >= 0.6 is 0 Å². The Kier molecular flexibility index (Phi) is 8.09. The highest BCUT2D eigenvalue weighted by Gasteiger charge is 2.27. The van der Waals surface area contributed by atoms with Gasteiger partial charge in [0.15, 0.2) is 0 Å². The van der Waals surface area contributed by atoms with Crippen LogP contribution in [-0.2, 0) is 0 Å². The van der Waals surface area contributed by atoms with Crippen LogP contribution in [0.3, 0.4) is 0 Å². The van der Waals surface area contributed by atoms with Crippen LogP contribution in [-0.4, -0.2) is 8.07 Å². The van der Waals surface area contributed by atoms with Crippen molar-refractivity contribution in [2.24, 2.45) is 5.92 Å². The number of hydrogen-bond acceptors (Lipinski definition) is 0. The first-order valence-electron chi connectivity index (χ1n) is 7.10. The van der Waals surface area contributed by atoms with Crippen LogP contribution in [0.1, 0.15) is 53.4 Å².